The Morgan fingerprint density at radius 1 is 0.514 bits per heavy atom. The van der Waals surface area contributed by atoms with E-state index < -0.39 is 74.5 Å². The molecular weight excluding hydrogens is 485 g/mol. The highest BCUT2D eigenvalue weighted by Crippen LogP contribution is 2.54. The fraction of sp³-hybridized carbons (Fsp3) is 1.00. The van der Waals surface area contributed by atoms with Crippen molar-refractivity contribution < 1.29 is 51.2 Å². The summed E-state index contributed by atoms with van der Waals surface area (Å²) in [4.78, 5) is 0. The number of hydrogen-bond donors (Lipinski definition) is 4. The second-order valence-electron chi connectivity index (χ2n) is 9.65. The molecule has 0 saturated carbocycles. The van der Waals surface area contributed by atoms with E-state index in [2.05, 4.69) is 6.92 Å². The molecule has 0 bridgehead atoms. The molecule has 0 aromatic carbocycles. The molecule has 0 aliphatic rings. The van der Waals surface area contributed by atoms with E-state index in [1.54, 1.807) is 0 Å². The van der Waals surface area contributed by atoms with Crippen molar-refractivity contribution in [2.45, 2.75) is 127 Å². The third-order valence-corrected chi connectivity index (χ3v) is 6.86. The van der Waals surface area contributed by atoms with E-state index in [1.807, 2.05) is 0 Å². The number of hydrogen-bond acceptors (Lipinski definition) is 4. The minimum atomic E-state index is -5.12. The zero-order valence-corrected chi connectivity index (χ0v) is 20.7. The first kappa shape index (κ1) is 34.4. The second-order valence-corrected chi connectivity index (χ2v) is 9.65. The van der Waals surface area contributed by atoms with Gasteiger partial charge in [0.25, 0.3) is 0 Å². The van der Waals surface area contributed by atoms with Crippen LogP contribution in [0.25, 0.3) is 0 Å². The van der Waals surface area contributed by atoms with E-state index in [0.29, 0.717) is 12.8 Å². The van der Waals surface area contributed by atoms with Crippen LogP contribution < -0.4 is 0 Å². The Morgan fingerprint density at radius 2 is 0.886 bits per heavy atom. The highest BCUT2D eigenvalue weighted by atomic mass is 19.4. The van der Waals surface area contributed by atoms with Crippen LogP contribution in [0.5, 0.6) is 0 Å². The number of aliphatic hydroxyl groups excluding tert-OH is 3. The molecule has 35 heavy (non-hydrogen) atoms. The molecule has 1 unspecified atom stereocenters. The molecule has 0 aliphatic heterocycles. The van der Waals surface area contributed by atoms with Crippen LogP contribution in [0.3, 0.4) is 0 Å². The molecule has 212 valence electrons. The summed E-state index contributed by atoms with van der Waals surface area (Å²) in [5.41, 5.74) is -6.30. The van der Waals surface area contributed by atoms with E-state index in [0.717, 1.165) is 32.1 Å². The van der Waals surface area contributed by atoms with Crippen LogP contribution in [0.15, 0.2) is 0 Å². The number of unbranched alkanes of at least 4 members (excludes halogenated alkanes) is 10. The summed E-state index contributed by atoms with van der Waals surface area (Å²) in [6.07, 6.45) is -3.00. The monoisotopic (exact) mass is 528 g/mol. The Hall–Kier alpha value is -0.650. The van der Waals surface area contributed by atoms with Crippen molar-refractivity contribution in [3.63, 3.8) is 0 Å². The molecule has 0 heterocycles. The molecule has 11 heteroatoms. The summed E-state index contributed by atoms with van der Waals surface area (Å²) >= 11 is 0. The molecule has 0 radical (unpaired) electrons. The van der Waals surface area contributed by atoms with Crippen molar-refractivity contribution in [3.8, 4) is 0 Å². The Kier molecular flexibility index (Phi) is 15.3. The van der Waals surface area contributed by atoms with Gasteiger partial charge in [-0.25, -0.2) is 0 Å². The zero-order valence-electron chi connectivity index (χ0n) is 20.7. The normalized spacial score (nSPS) is 15.4. The lowest BCUT2D eigenvalue weighted by molar-refractivity contribution is -0.339. The minimum absolute atomic E-state index is 0.0719. The Balaban J connectivity index is 5.32. The van der Waals surface area contributed by atoms with Crippen molar-refractivity contribution in [1.82, 2.24) is 0 Å². The van der Waals surface area contributed by atoms with E-state index in [4.69, 9.17) is 0 Å². The van der Waals surface area contributed by atoms with Crippen LogP contribution in [0.1, 0.15) is 103 Å². The van der Waals surface area contributed by atoms with Crippen LogP contribution in [-0.4, -0.2) is 63.9 Å². The van der Waals surface area contributed by atoms with Crippen molar-refractivity contribution >= 4 is 0 Å². The first-order chi connectivity index (χ1) is 16.2. The number of aliphatic hydroxyl groups is 4. The molecular formula is C24H43F7O4. The molecule has 0 rings (SSSR count). The SMILES string of the molecule is CCCCCCCCCCC(O)(C(CO)(CO)CO)C(F)(F)C(F)(F)CCCCCCC(F)(F)F. The zero-order chi connectivity index (χ0) is 27.2. The second kappa shape index (κ2) is 15.6. The quantitative estimate of drug-likeness (QED) is 0.103. The Bertz CT molecular complexity index is 546. The smallest absolute Gasteiger partial charge is 0.389 e. The summed E-state index contributed by atoms with van der Waals surface area (Å²) in [6, 6.07) is 0. The van der Waals surface area contributed by atoms with Gasteiger partial charge in [-0.15, -0.1) is 0 Å². The summed E-state index contributed by atoms with van der Waals surface area (Å²) in [7, 11) is 0. The highest BCUT2D eigenvalue weighted by molar-refractivity contribution is 5.11. The van der Waals surface area contributed by atoms with Gasteiger partial charge in [-0.1, -0.05) is 71.1 Å². The minimum Gasteiger partial charge on any atom is -0.395 e. The number of alkyl halides is 7. The first-order valence-electron chi connectivity index (χ1n) is 12.6. The lowest BCUT2D eigenvalue weighted by atomic mass is 9.65. The van der Waals surface area contributed by atoms with Gasteiger partial charge < -0.3 is 20.4 Å². The maximum Gasteiger partial charge on any atom is 0.389 e. The fourth-order valence-corrected chi connectivity index (χ4v) is 4.30. The van der Waals surface area contributed by atoms with Gasteiger partial charge in [-0.2, -0.15) is 30.7 Å². The van der Waals surface area contributed by atoms with Crippen molar-refractivity contribution in [1.29, 1.82) is 0 Å². The van der Waals surface area contributed by atoms with Gasteiger partial charge in [-0.05, 0) is 19.3 Å². The average molecular weight is 529 g/mol. The number of rotatable bonds is 21. The molecule has 0 saturated heterocycles. The van der Waals surface area contributed by atoms with Crippen molar-refractivity contribution in [2.75, 3.05) is 19.8 Å². The van der Waals surface area contributed by atoms with E-state index in [1.165, 1.54) is 0 Å². The largest absolute Gasteiger partial charge is 0.395 e. The summed E-state index contributed by atoms with van der Waals surface area (Å²) in [6.45, 7) is -2.00. The first-order valence-corrected chi connectivity index (χ1v) is 12.6. The van der Waals surface area contributed by atoms with Gasteiger partial charge in [0.1, 0.15) is 5.60 Å². The maximum atomic E-state index is 15.3. The van der Waals surface area contributed by atoms with Gasteiger partial charge >= 0.3 is 18.0 Å². The number of halogens is 7. The van der Waals surface area contributed by atoms with E-state index >= 15 is 8.78 Å². The summed E-state index contributed by atoms with van der Waals surface area (Å²) in [5.74, 6) is -9.90. The third kappa shape index (κ3) is 9.97. The van der Waals surface area contributed by atoms with Gasteiger partial charge in [0.15, 0.2) is 0 Å². The fourth-order valence-electron chi connectivity index (χ4n) is 4.30. The molecule has 0 spiro atoms. The van der Waals surface area contributed by atoms with Crippen molar-refractivity contribution in [2.24, 2.45) is 5.41 Å². The van der Waals surface area contributed by atoms with Gasteiger partial charge in [-0.3, -0.25) is 0 Å². The molecule has 0 aromatic heterocycles. The van der Waals surface area contributed by atoms with E-state index in [-0.39, 0.29) is 25.7 Å². The lowest BCUT2D eigenvalue weighted by Crippen LogP contribution is -2.70. The van der Waals surface area contributed by atoms with Gasteiger partial charge in [0, 0.05) is 12.8 Å². The van der Waals surface area contributed by atoms with Crippen LogP contribution >= 0.6 is 0 Å². The lowest BCUT2D eigenvalue weighted by Gasteiger charge is -2.50. The summed E-state index contributed by atoms with van der Waals surface area (Å²) in [5, 5.41) is 39.9. The average Bonchev–Trinajstić information content (AvgIpc) is 2.78. The predicted octanol–water partition coefficient (Wildman–Crippen LogP) is 6.39. The molecule has 4 N–H and O–H groups in total. The Morgan fingerprint density at radius 3 is 1.29 bits per heavy atom. The molecule has 0 aliphatic carbocycles. The molecule has 1 atom stereocenters. The van der Waals surface area contributed by atoms with Gasteiger partial charge in [0.05, 0.1) is 25.2 Å². The molecule has 0 amide bonds. The van der Waals surface area contributed by atoms with Crippen LogP contribution in [0.4, 0.5) is 30.7 Å². The maximum absolute atomic E-state index is 15.3. The van der Waals surface area contributed by atoms with Crippen molar-refractivity contribution in [3.05, 3.63) is 0 Å². The molecule has 0 aromatic rings. The summed E-state index contributed by atoms with van der Waals surface area (Å²) < 4.78 is 96.5. The van der Waals surface area contributed by atoms with Crippen LogP contribution in [0.2, 0.25) is 0 Å². The van der Waals surface area contributed by atoms with Crippen LogP contribution in [-0.2, 0) is 0 Å². The highest BCUT2D eigenvalue weighted by Gasteiger charge is 2.73. The molecule has 4 nitrogen and oxygen atoms in total. The predicted molar refractivity (Wildman–Crippen MR) is 120 cm³/mol. The van der Waals surface area contributed by atoms with E-state index in [9.17, 15) is 42.4 Å². The molecule has 0 fully saturated rings. The topological polar surface area (TPSA) is 80.9 Å². The third-order valence-electron chi connectivity index (χ3n) is 6.86. The van der Waals surface area contributed by atoms with Gasteiger partial charge in [0.2, 0.25) is 0 Å². The van der Waals surface area contributed by atoms with Crippen LogP contribution in [0, 0.1) is 5.41 Å². The Labute approximate surface area is 203 Å². The standard InChI is InChI=1S/C24H43F7O4/c1-2-3-4-5-6-7-8-11-14-21(35,20(17-32,18-33)19-34)24(30,31)22(25,26)15-12-9-10-13-16-23(27,28)29/h32-35H,2-19H2,1H3.